The molecule has 8 heteroatoms. The third-order valence-electron chi connectivity index (χ3n) is 4.68. The highest BCUT2D eigenvalue weighted by Crippen LogP contribution is 2.23. The van der Waals surface area contributed by atoms with Gasteiger partial charge in [0, 0.05) is 24.3 Å². The standard InChI is InChI=1S/C21H22N4O3.ClH/c1-27-17-8-4-14(5-9-17)18-12-19(25-24-18)21(26)23-16-6-2-15(3-7-16)20-13-22-10-11-28-20;/h2-9,12,20,22H,10-11,13H2,1H3,(H,23,26)(H,24,25);1H. The summed E-state index contributed by atoms with van der Waals surface area (Å²) >= 11 is 0. The van der Waals surface area contributed by atoms with Gasteiger partial charge in [0.2, 0.25) is 0 Å². The molecule has 2 heterocycles. The molecular formula is C21H23ClN4O3. The van der Waals surface area contributed by atoms with Crippen molar-refractivity contribution in [1.29, 1.82) is 0 Å². The van der Waals surface area contributed by atoms with Crippen molar-refractivity contribution in [2.75, 3.05) is 32.1 Å². The van der Waals surface area contributed by atoms with Crippen molar-refractivity contribution in [1.82, 2.24) is 15.5 Å². The number of amides is 1. The van der Waals surface area contributed by atoms with E-state index in [2.05, 4.69) is 20.8 Å². The van der Waals surface area contributed by atoms with Crippen LogP contribution in [0, 0.1) is 0 Å². The first-order chi connectivity index (χ1) is 13.7. The first-order valence-corrected chi connectivity index (χ1v) is 9.16. The molecule has 1 aliphatic heterocycles. The van der Waals surface area contributed by atoms with E-state index in [4.69, 9.17) is 9.47 Å². The van der Waals surface area contributed by atoms with Crippen molar-refractivity contribution in [2.24, 2.45) is 0 Å². The highest BCUT2D eigenvalue weighted by atomic mass is 35.5. The van der Waals surface area contributed by atoms with Gasteiger partial charge in [-0.1, -0.05) is 12.1 Å². The first kappa shape index (κ1) is 20.9. The number of hydrogen-bond donors (Lipinski definition) is 3. The van der Waals surface area contributed by atoms with Crippen LogP contribution in [0.3, 0.4) is 0 Å². The van der Waals surface area contributed by atoms with E-state index in [0.717, 1.165) is 35.7 Å². The largest absolute Gasteiger partial charge is 0.497 e. The van der Waals surface area contributed by atoms with Crippen molar-refractivity contribution >= 4 is 24.0 Å². The zero-order valence-electron chi connectivity index (χ0n) is 16.0. The summed E-state index contributed by atoms with van der Waals surface area (Å²) in [7, 11) is 1.62. The Morgan fingerprint density at radius 1 is 1.17 bits per heavy atom. The van der Waals surface area contributed by atoms with Crippen molar-refractivity contribution in [3.63, 3.8) is 0 Å². The Morgan fingerprint density at radius 3 is 2.59 bits per heavy atom. The predicted molar refractivity (Wildman–Crippen MR) is 114 cm³/mol. The number of benzene rings is 2. The van der Waals surface area contributed by atoms with Gasteiger partial charge in [0.25, 0.3) is 5.91 Å². The lowest BCUT2D eigenvalue weighted by molar-refractivity contribution is 0.0277. The first-order valence-electron chi connectivity index (χ1n) is 9.16. The predicted octanol–water partition coefficient (Wildman–Crippen LogP) is 3.42. The Balaban J connectivity index is 0.00000240. The monoisotopic (exact) mass is 414 g/mol. The number of H-pyrrole nitrogens is 1. The third-order valence-corrected chi connectivity index (χ3v) is 4.68. The molecule has 1 aliphatic rings. The van der Waals surface area contributed by atoms with E-state index in [1.54, 1.807) is 13.2 Å². The number of carbonyl (C=O) groups excluding carboxylic acids is 1. The minimum Gasteiger partial charge on any atom is -0.497 e. The van der Waals surface area contributed by atoms with Crippen LogP contribution < -0.4 is 15.4 Å². The molecule has 1 unspecified atom stereocenters. The average Bonchev–Trinajstić information content (AvgIpc) is 3.25. The van der Waals surface area contributed by atoms with Crippen LogP contribution in [0.1, 0.15) is 22.2 Å². The summed E-state index contributed by atoms with van der Waals surface area (Å²) in [6.07, 6.45) is 0.0539. The van der Waals surface area contributed by atoms with Crippen molar-refractivity contribution in [3.8, 4) is 17.0 Å². The van der Waals surface area contributed by atoms with Crippen LogP contribution >= 0.6 is 12.4 Å². The lowest BCUT2D eigenvalue weighted by Crippen LogP contribution is -2.33. The fourth-order valence-electron chi connectivity index (χ4n) is 3.11. The summed E-state index contributed by atoms with van der Waals surface area (Å²) in [5.41, 5.74) is 3.81. The highest BCUT2D eigenvalue weighted by Gasteiger charge is 2.16. The molecule has 0 saturated carbocycles. The zero-order chi connectivity index (χ0) is 19.3. The molecule has 3 aromatic rings. The van der Waals surface area contributed by atoms with Crippen LogP contribution in [-0.2, 0) is 4.74 Å². The van der Waals surface area contributed by atoms with Gasteiger partial charge >= 0.3 is 0 Å². The van der Waals surface area contributed by atoms with Gasteiger partial charge in [0.15, 0.2) is 0 Å². The number of hydrogen-bond acceptors (Lipinski definition) is 5. The van der Waals surface area contributed by atoms with E-state index >= 15 is 0 Å². The molecule has 2 aromatic carbocycles. The van der Waals surface area contributed by atoms with Gasteiger partial charge in [-0.3, -0.25) is 9.89 Å². The summed E-state index contributed by atoms with van der Waals surface area (Å²) in [6.45, 7) is 2.39. The minimum atomic E-state index is -0.240. The molecule has 0 bridgehead atoms. The van der Waals surface area contributed by atoms with E-state index < -0.39 is 0 Å². The molecule has 0 aliphatic carbocycles. The summed E-state index contributed by atoms with van der Waals surface area (Å²) in [6, 6.07) is 17.0. The second-order valence-electron chi connectivity index (χ2n) is 6.54. The Bertz CT molecular complexity index is 935. The second kappa shape index (κ2) is 9.56. The molecule has 1 fully saturated rings. The van der Waals surface area contributed by atoms with Crippen LogP contribution in [-0.4, -0.2) is 42.9 Å². The molecule has 0 spiro atoms. The normalized spacial score (nSPS) is 16.0. The number of aromatic amines is 1. The van der Waals surface area contributed by atoms with Crippen molar-refractivity contribution < 1.29 is 14.3 Å². The molecular weight excluding hydrogens is 392 g/mol. The van der Waals surface area contributed by atoms with Crippen LogP contribution in [0.15, 0.2) is 54.6 Å². The van der Waals surface area contributed by atoms with E-state index in [0.29, 0.717) is 18.0 Å². The summed E-state index contributed by atoms with van der Waals surface area (Å²) < 4.78 is 10.9. The fourth-order valence-corrected chi connectivity index (χ4v) is 3.11. The van der Waals surface area contributed by atoms with E-state index in [9.17, 15) is 4.79 Å². The Kier molecular flexibility index (Phi) is 6.87. The molecule has 152 valence electrons. The average molecular weight is 415 g/mol. The Hall–Kier alpha value is -2.87. The van der Waals surface area contributed by atoms with Crippen LogP contribution in [0.25, 0.3) is 11.3 Å². The number of carbonyl (C=O) groups is 1. The van der Waals surface area contributed by atoms with Gasteiger partial charge in [-0.05, 0) is 48.0 Å². The van der Waals surface area contributed by atoms with Gasteiger partial charge in [-0.25, -0.2) is 0 Å². The van der Waals surface area contributed by atoms with E-state index in [1.165, 1.54) is 0 Å². The van der Waals surface area contributed by atoms with Gasteiger partial charge < -0.3 is 20.1 Å². The molecule has 1 amide bonds. The number of morpholine rings is 1. The quantitative estimate of drug-likeness (QED) is 0.595. The number of nitrogens with one attached hydrogen (secondary N) is 3. The molecule has 4 rings (SSSR count). The van der Waals surface area contributed by atoms with Crippen molar-refractivity contribution in [2.45, 2.75) is 6.10 Å². The molecule has 29 heavy (non-hydrogen) atoms. The molecule has 3 N–H and O–H groups in total. The number of methoxy groups -OCH3 is 1. The molecule has 1 aromatic heterocycles. The van der Waals surface area contributed by atoms with E-state index in [-0.39, 0.29) is 24.4 Å². The maximum Gasteiger partial charge on any atom is 0.273 e. The fraction of sp³-hybridized carbons (Fsp3) is 0.238. The smallest absolute Gasteiger partial charge is 0.273 e. The third kappa shape index (κ3) is 4.95. The SMILES string of the molecule is COc1ccc(-c2cc(C(=O)Nc3ccc(C4CNCCO4)cc3)[nH]n2)cc1.Cl. The number of anilines is 1. The number of rotatable bonds is 5. The summed E-state index contributed by atoms with van der Waals surface area (Å²) in [5.74, 6) is 0.533. The number of nitrogens with zero attached hydrogens (tertiary/aromatic N) is 1. The molecule has 0 radical (unpaired) electrons. The topological polar surface area (TPSA) is 88.3 Å². The number of ether oxygens (including phenoxy) is 2. The van der Waals surface area contributed by atoms with Crippen molar-refractivity contribution in [3.05, 3.63) is 65.9 Å². The zero-order valence-corrected chi connectivity index (χ0v) is 16.8. The molecule has 1 saturated heterocycles. The number of halogens is 1. The molecule has 7 nitrogen and oxygen atoms in total. The van der Waals surface area contributed by atoms with Gasteiger partial charge in [-0.15, -0.1) is 12.4 Å². The van der Waals surface area contributed by atoms with E-state index in [1.807, 2.05) is 48.5 Å². The lowest BCUT2D eigenvalue weighted by Gasteiger charge is -2.24. The lowest BCUT2D eigenvalue weighted by atomic mass is 10.1. The van der Waals surface area contributed by atoms with Gasteiger partial charge in [0.05, 0.1) is 25.5 Å². The Labute approximate surface area is 175 Å². The van der Waals surface area contributed by atoms with Crippen LogP contribution in [0.2, 0.25) is 0 Å². The summed E-state index contributed by atoms with van der Waals surface area (Å²) in [4.78, 5) is 12.5. The molecule has 1 atom stereocenters. The highest BCUT2D eigenvalue weighted by molar-refractivity contribution is 6.03. The number of aromatic nitrogens is 2. The second-order valence-corrected chi connectivity index (χ2v) is 6.54. The van der Waals surface area contributed by atoms with Crippen LogP contribution in [0.4, 0.5) is 5.69 Å². The summed E-state index contributed by atoms with van der Waals surface area (Å²) in [5, 5.41) is 13.2. The van der Waals surface area contributed by atoms with Crippen LogP contribution in [0.5, 0.6) is 5.75 Å². The van der Waals surface area contributed by atoms with Gasteiger partial charge in [-0.2, -0.15) is 5.10 Å². The maximum absolute atomic E-state index is 12.5. The maximum atomic E-state index is 12.5. The minimum absolute atomic E-state index is 0. The Morgan fingerprint density at radius 2 is 1.93 bits per heavy atom. The van der Waals surface area contributed by atoms with Gasteiger partial charge in [0.1, 0.15) is 11.4 Å².